The molecule has 0 spiro atoms. The number of nitrogens with one attached hydrogen (secondary N) is 4. The summed E-state index contributed by atoms with van der Waals surface area (Å²) in [6.07, 6.45) is 2.49. The number of carbonyl (C=O) groups is 1. The number of piperidine rings is 1. The Morgan fingerprint density at radius 2 is 1.88 bits per heavy atom. The maximum atomic E-state index is 12.5. The van der Waals surface area contributed by atoms with E-state index in [4.69, 9.17) is 0 Å². The summed E-state index contributed by atoms with van der Waals surface area (Å²) >= 11 is 0. The van der Waals surface area contributed by atoms with E-state index in [0.717, 1.165) is 6.26 Å². The first-order valence-corrected chi connectivity index (χ1v) is 10.3. The van der Waals surface area contributed by atoms with Crippen molar-refractivity contribution in [2.75, 3.05) is 24.7 Å². The average molecular weight is 381 g/mol. The molecule has 2 aromatic rings. The number of hydrogen-bond acceptors (Lipinski definition) is 5. The molecular weight excluding hydrogens is 358 g/mol. The summed E-state index contributed by atoms with van der Waals surface area (Å²) < 4.78 is 25.2. The molecule has 1 aromatic carbocycles. The minimum absolute atomic E-state index is 0.0793. The van der Waals surface area contributed by atoms with E-state index in [2.05, 4.69) is 20.0 Å². The molecule has 10 heteroatoms. The number of sulfonamides is 1. The first kappa shape index (κ1) is 18.6. The second-order valence-corrected chi connectivity index (χ2v) is 8.49. The Balaban J connectivity index is 1.58. The lowest BCUT2D eigenvalue weighted by molar-refractivity contribution is -0.121. The van der Waals surface area contributed by atoms with Crippen molar-refractivity contribution in [1.29, 1.82) is 0 Å². The normalized spacial score (nSPS) is 18.1. The molecule has 1 aromatic heterocycles. The quantitative estimate of drug-likeness (QED) is 0.588. The summed E-state index contributed by atoms with van der Waals surface area (Å²) in [4.78, 5) is 31.2. The summed E-state index contributed by atoms with van der Waals surface area (Å²) in [5.41, 5.74) is 1.63. The molecule has 0 bridgehead atoms. The smallest absolute Gasteiger partial charge is 0.323 e. The fraction of sp³-hybridized carbons (Fsp3) is 0.500. The van der Waals surface area contributed by atoms with Crippen LogP contribution in [0.25, 0.3) is 11.0 Å². The minimum atomic E-state index is -3.21. The van der Waals surface area contributed by atoms with E-state index in [1.165, 1.54) is 0 Å². The number of imidazole rings is 1. The van der Waals surface area contributed by atoms with Crippen molar-refractivity contribution < 1.29 is 13.2 Å². The molecule has 1 aliphatic heterocycles. The second kappa shape index (κ2) is 7.22. The zero-order valence-electron chi connectivity index (χ0n) is 14.7. The average Bonchev–Trinajstić information content (AvgIpc) is 2.92. The Labute approximate surface area is 151 Å². The van der Waals surface area contributed by atoms with Crippen molar-refractivity contribution in [3.8, 4) is 0 Å². The number of nitrogens with zero attached hydrogens (tertiary/aromatic N) is 1. The second-order valence-electron chi connectivity index (χ2n) is 6.70. The lowest BCUT2D eigenvalue weighted by atomic mass is 10.0. The SMILES string of the molecule is CC(C(=O)Nc1ccc2[nH]c(=O)[nH]c2c1)N1CCC(NS(C)(=O)=O)CC1. The highest BCUT2D eigenvalue weighted by molar-refractivity contribution is 7.88. The molecule has 1 amide bonds. The van der Waals surface area contributed by atoms with Gasteiger partial charge in [-0.2, -0.15) is 0 Å². The van der Waals surface area contributed by atoms with E-state index in [0.29, 0.717) is 42.7 Å². The van der Waals surface area contributed by atoms with Crippen LogP contribution in [0.3, 0.4) is 0 Å². The van der Waals surface area contributed by atoms with Gasteiger partial charge in [-0.3, -0.25) is 9.69 Å². The summed E-state index contributed by atoms with van der Waals surface area (Å²) in [6, 6.07) is 4.76. The molecule has 0 aliphatic carbocycles. The van der Waals surface area contributed by atoms with Gasteiger partial charge in [-0.25, -0.2) is 17.9 Å². The summed E-state index contributed by atoms with van der Waals surface area (Å²) in [5.74, 6) is -0.142. The highest BCUT2D eigenvalue weighted by Crippen LogP contribution is 2.17. The third kappa shape index (κ3) is 4.51. The predicted octanol–water partition coefficient (Wildman–Crippen LogP) is 0.197. The molecule has 1 saturated heterocycles. The third-order valence-corrected chi connectivity index (χ3v) is 5.38. The fourth-order valence-corrected chi connectivity index (χ4v) is 4.07. The Kier molecular flexibility index (Phi) is 5.17. The molecule has 1 atom stereocenters. The molecule has 1 unspecified atom stereocenters. The van der Waals surface area contributed by atoms with Crippen LogP contribution in [0.2, 0.25) is 0 Å². The van der Waals surface area contributed by atoms with Gasteiger partial charge in [0, 0.05) is 24.8 Å². The number of anilines is 1. The first-order chi connectivity index (χ1) is 12.2. The van der Waals surface area contributed by atoms with E-state index >= 15 is 0 Å². The van der Waals surface area contributed by atoms with E-state index < -0.39 is 10.0 Å². The molecule has 1 aliphatic rings. The lowest BCUT2D eigenvalue weighted by Gasteiger charge is -2.35. The van der Waals surface area contributed by atoms with Gasteiger partial charge in [0.05, 0.1) is 23.3 Å². The molecule has 9 nitrogen and oxygen atoms in total. The van der Waals surface area contributed by atoms with Crippen LogP contribution in [-0.4, -0.2) is 60.6 Å². The predicted molar refractivity (Wildman–Crippen MR) is 99.6 cm³/mol. The minimum Gasteiger partial charge on any atom is -0.325 e. The monoisotopic (exact) mass is 381 g/mol. The first-order valence-electron chi connectivity index (χ1n) is 8.45. The van der Waals surface area contributed by atoms with E-state index in [1.54, 1.807) is 18.2 Å². The van der Waals surface area contributed by atoms with Gasteiger partial charge >= 0.3 is 5.69 Å². The van der Waals surface area contributed by atoms with Crippen molar-refractivity contribution in [2.45, 2.75) is 31.8 Å². The number of H-pyrrole nitrogens is 2. The largest absolute Gasteiger partial charge is 0.325 e. The van der Waals surface area contributed by atoms with Gasteiger partial charge in [-0.1, -0.05) is 0 Å². The zero-order chi connectivity index (χ0) is 18.9. The molecule has 142 valence electrons. The van der Waals surface area contributed by atoms with Crippen molar-refractivity contribution in [3.05, 3.63) is 28.7 Å². The number of likely N-dealkylation sites (tertiary alicyclic amines) is 1. The zero-order valence-corrected chi connectivity index (χ0v) is 15.5. The number of benzene rings is 1. The Morgan fingerprint density at radius 1 is 1.23 bits per heavy atom. The third-order valence-electron chi connectivity index (χ3n) is 4.62. The van der Waals surface area contributed by atoms with E-state index in [9.17, 15) is 18.0 Å². The van der Waals surface area contributed by atoms with Crippen molar-refractivity contribution in [1.82, 2.24) is 19.6 Å². The molecule has 26 heavy (non-hydrogen) atoms. The van der Waals surface area contributed by atoms with Gasteiger partial charge in [-0.15, -0.1) is 0 Å². The van der Waals surface area contributed by atoms with Gasteiger partial charge < -0.3 is 15.3 Å². The van der Waals surface area contributed by atoms with Crippen LogP contribution >= 0.6 is 0 Å². The summed E-state index contributed by atoms with van der Waals surface area (Å²) in [5, 5.41) is 2.86. The number of aromatic amines is 2. The van der Waals surface area contributed by atoms with Crippen molar-refractivity contribution >= 4 is 32.7 Å². The van der Waals surface area contributed by atoms with Crippen molar-refractivity contribution in [3.63, 3.8) is 0 Å². The van der Waals surface area contributed by atoms with Gasteiger partial charge in [0.15, 0.2) is 0 Å². The number of fused-ring (bicyclic) bond motifs is 1. The molecular formula is C16H23N5O4S. The molecule has 4 N–H and O–H groups in total. The number of rotatable bonds is 5. The van der Waals surface area contributed by atoms with Crippen molar-refractivity contribution in [2.24, 2.45) is 0 Å². The fourth-order valence-electron chi connectivity index (χ4n) is 3.23. The van der Waals surface area contributed by atoms with Crippen LogP contribution < -0.4 is 15.7 Å². The van der Waals surface area contributed by atoms with Crippen LogP contribution in [0, 0.1) is 0 Å². The maximum Gasteiger partial charge on any atom is 0.323 e. The highest BCUT2D eigenvalue weighted by atomic mass is 32.2. The van der Waals surface area contributed by atoms with Crippen LogP contribution in [0.5, 0.6) is 0 Å². The summed E-state index contributed by atoms with van der Waals surface area (Å²) in [6.45, 7) is 3.12. The molecule has 0 radical (unpaired) electrons. The highest BCUT2D eigenvalue weighted by Gasteiger charge is 2.27. The Morgan fingerprint density at radius 3 is 2.54 bits per heavy atom. The van der Waals surface area contributed by atoms with Crippen LogP contribution in [0.4, 0.5) is 5.69 Å². The van der Waals surface area contributed by atoms with Gasteiger partial charge in [0.25, 0.3) is 0 Å². The number of carbonyl (C=O) groups excluding carboxylic acids is 1. The van der Waals surface area contributed by atoms with Crippen LogP contribution in [0.1, 0.15) is 19.8 Å². The molecule has 3 rings (SSSR count). The maximum absolute atomic E-state index is 12.5. The molecule has 0 saturated carbocycles. The van der Waals surface area contributed by atoms with Gasteiger partial charge in [-0.05, 0) is 38.0 Å². The number of amides is 1. The van der Waals surface area contributed by atoms with Crippen LogP contribution in [0.15, 0.2) is 23.0 Å². The standard InChI is InChI=1S/C16H23N5O4S/c1-10(21-7-5-11(6-8-21)20-26(2,24)25)15(22)17-12-3-4-13-14(9-12)19-16(23)18-13/h3-4,9-11,20H,5-8H2,1-2H3,(H,17,22)(H2,18,19,23). The number of hydrogen-bond donors (Lipinski definition) is 4. The van der Waals surface area contributed by atoms with E-state index in [1.807, 2.05) is 11.8 Å². The molecule has 2 heterocycles. The Hall–Kier alpha value is -2.17. The lowest BCUT2D eigenvalue weighted by Crippen LogP contribution is -2.50. The number of aromatic nitrogens is 2. The van der Waals surface area contributed by atoms with Gasteiger partial charge in [0.1, 0.15) is 0 Å². The topological polar surface area (TPSA) is 127 Å². The summed E-state index contributed by atoms with van der Waals surface area (Å²) in [7, 11) is -3.21. The molecule has 1 fully saturated rings. The van der Waals surface area contributed by atoms with E-state index in [-0.39, 0.29) is 23.7 Å². The Bertz CT molecular complexity index is 956. The van der Waals surface area contributed by atoms with Crippen LogP contribution in [-0.2, 0) is 14.8 Å². The van der Waals surface area contributed by atoms with Gasteiger partial charge in [0.2, 0.25) is 15.9 Å².